The molecule has 2 aromatic rings. The average molecular weight is 473 g/mol. The van der Waals surface area contributed by atoms with Gasteiger partial charge in [-0.15, -0.1) is 11.8 Å². The molecule has 0 aromatic heterocycles. The van der Waals surface area contributed by atoms with Gasteiger partial charge in [-0.3, -0.25) is 4.90 Å². The molecule has 1 unspecified atom stereocenters. The van der Waals surface area contributed by atoms with Crippen molar-refractivity contribution in [3.63, 3.8) is 0 Å². The zero-order chi connectivity index (χ0) is 23.1. The Bertz CT molecular complexity index is 972. The van der Waals surface area contributed by atoms with Gasteiger partial charge in [-0.05, 0) is 55.1 Å². The van der Waals surface area contributed by atoms with Crippen LogP contribution in [0.1, 0.15) is 17.2 Å². The van der Waals surface area contributed by atoms with Crippen LogP contribution in [-0.2, 0) is 16.0 Å². The molecule has 4 rings (SSSR count). The van der Waals surface area contributed by atoms with E-state index in [4.69, 9.17) is 10.2 Å². The second-order valence-corrected chi connectivity index (χ2v) is 9.65. The molecular weight excluding hydrogens is 444 g/mol. The quantitative estimate of drug-likeness (QED) is 0.508. The Morgan fingerprint density at radius 1 is 1.00 bits per heavy atom. The number of carboxylic acids is 2. The summed E-state index contributed by atoms with van der Waals surface area (Å²) in [5, 5.41) is 15.6. The summed E-state index contributed by atoms with van der Waals surface area (Å²) < 4.78 is 0. The summed E-state index contributed by atoms with van der Waals surface area (Å²) in [7, 11) is 2.23. The van der Waals surface area contributed by atoms with Crippen LogP contribution in [0.3, 0.4) is 0 Å². The molecule has 0 aliphatic carbocycles. The first-order valence-electron chi connectivity index (χ1n) is 10.4. The minimum atomic E-state index is -1.26. The molecule has 2 aliphatic heterocycles. The maximum atomic E-state index is 9.55. The summed E-state index contributed by atoms with van der Waals surface area (Å²) in [6, 6.07) is 16.5. The lowest BCUT2D eigenvalue weighted by molar-refractivity contribution is -0.134. The van der Waals surface area contributed by atoms with E-state index < -0.39 is 11.9 Å². The van der Waals surface area contributed by atoms with E-state index in [9.17, 15) is 9.59 Å². The van der Waals surface area contributed by atoms with Crippen LogP contribution in [0.5, 0.6) is 0 Å². The minimum Gasteiger partial charge on any atom is -0.478 e. The van der Waals surface area contributed by atoms with Gasteiger partial charge in [0, 0.05) is 59.1 Å². The van der Waals surface area contributed by atoms with Crippen LogP contribution in [0.2, 0.25) is 0 Å². The van der Waals surface area contributed by atoms with Gasteiger partial charge in [0.2, 0.25) is 0 Å². The van der Waals surface area contributed by atoms with Gasteiger partial charge in [-0.25, -0.2) is 9.59 Å². The minimum absolute atomic E-state index is 0.497. The molecule has 0 bridgehead atoms. The zero-order valence-corrected chi connectivity index (χ0v) is 19.9. The van der Waals surface area contributed by atoms with Crippen molar-refractivity contribution in [2.24, 2.45) is 0 Å². The highest BCUT2D eigenvalue weighted by atomic mass is 32.2. The predicted molar refractivity (Wildman–Crippen MR) is 129 cm³/mol. The average Bonchev–Trinajstić information content (AvgIpc) is 2.95. The van der Waals surface area contributed by atoms with E-state index in [1.54, 1.807) is 0 Å². The van der Waals surface area contributed by atoms with E-state index in [1.165, 1.54) is 38.9 Å². The van der Waals surface area contributed by atoms with Crippen LogP contribution in [0.25, 0.3) is 0 Å². The van der Waals surface area contributed by atoms with Gasteiger partial charge < -0.3 is 15.1 Å². The first kappa shape index (κ1) is 24.4. The van der Waals surface area contributed by atoms with E-state index in [0.29, 0.717) is 18.2 Å². The van der Waals surface area contributed by atoms with Crippen LogP contribution in [0.4, 0.5) is 0 Å². The fraction of sp³-hybridized carbons (Fsp3) is 0.333. The molecule has 6 nitrogen and oxygen atoms in total. The summed E-state index contributed by atoms with van der Waals surface area (Å²) in [5.41, 5.74) is 3.01. The molecule has 1 fully saturated rings. The smallest absolute Gasteiger partial charge is 0.328 e. The third-order valence-corrected chi connectivity index (χ3v) is 7.46. The van der Waals surface area contributed by atoms with Gasteiger partial charge in [0.25, 0.3) is 0 Å². The van der Waals surface area contributed by atoms with Crippen LogP contribution in [0.15, 0.2) is 69.3 Å². The molecule has 2 N–H and O–H groups in total. The van der Waals surface area contributed by atoms with Crippen molar-refractivity contribution in [2.75, 3.05) is 39.5 Å². The molecule has 2 aliphatic rings. The molecule has 32 heavy (non-hydrogen) atoms. The molecule has 1 atom stereocenters. The van der Waals surface area contributed by atoms with Crippen LogP contribution in [-0.4, -0.2) is 71.4 Å². The summed E-state index contributed by atoms with van der Waals surface area (Å²) in [6.45, 7) is 4.67. The Labute approximate surface area is 197 Å². The number of hydrogen-bond donors (Lipinski definition) is 2. The predicted octanol–water partition coefficient (Wildman–Crippen LogP) is 4.12. The van der Waals surface area contributed by atoms with Crippen molar-refractivity contribution >= 4 is 35.5 Å². The molecule has 2 heterocycles. The number of piperazine rings is 1. The van der Waals surface area contributed by atoms with Crippen molar-refractivity contribution in [3.05, 3.63) is 65.7 Å². The molecule has 0 spiro atoms. The molecule has 0 radical (unpaired) electrons. The fourth-order valence-corrected chi connectivity index (χ4v) is 5.38. The monoisotopic (exact) mass is 472 g/mol. The van der Waals surface area contributed by atoms with Gasteiger partial charge >= 0.3 is 11.9 Å². The van der Waals surface area contributed by atoms with E-state index >= 15 is 0 Å². The van der Waals surface area contributed by atoms with E-state index in [1.807, 2.05) is 23.5 Å². The summed E-state index contributed by atoms with van der Waals surface area (Å²) >= 11 is 3.79. The maximum Gasteiger partial charge on any atom is 0.328 e. The topological polar surface area (TPSA) is 81.1 Å². The second kappa shape index (κ2) is 11.6. The number of fused-ring (bicyclic) bond motifs is 2. The standard InChI is InChI=1S/C20H24N2S2.C4H4O4/c1-21-9-11-22(12-10-21)18-13-15-5-3-4-6-19(15)24-20-8-7-16(23-2)14-17(18)20;5-3(6)1-2-4(7)8/h3-8,14,18H,9-13H2,1-2H3;1-2H,(H,5,6)(H,7,8). The summed E-state index contributed by atoms with van der Waals surface area (Å²) in [6.07, 6.45) is 4.41. The molecule has 170 valence electrons. The number of rotatable bonds is 4. The van der Waals surface area contributed by atoms with Gasteiger partial charge in [-0.1, -0.05) is 30.0 Å². The Hall–Kier alpha value is -2.26. The number of nitrogens with zero attached hydrogens (tertiary/aromatic N) is 2. The highest BCUT2D eigenvalue weighted by molar-refractivity contribution is 7.99. The fourth-order valence-electron chi connectivity index (χ4n) is 3.82. The molecule has 0 amide bonds. The number of likely N-dealkylation sites (N-methyl/N-ethyl adjacent to an activating group) is 1. The SMILES string of the molecule is CSc1ccc2c(c1)C(N1CCN(C)CC1)Cc1ccccc1S2.O=C(O)C=CC(=O)O. The second-order valence-electron chi connectivity index (χ2n) is 7.68. The third-order valence-electron chi connectivity index (χ3n) is 5.53. The van der Waals surface area contributed by atoms with Gasteiger partial charge in [0.15, 0.2) is 0 Å². The lowest BCUT2D eigenvalue weighted by Gasteiger charge is -2.38. The van der Waals surface area contributed by atoms with Crippen LogP contribution < -0.4 is 0 Å². The van der Waals surface area contributed by atoms with Gasteiger partial charge in [0.05, 0.1) is 0 Å². The van der Waals surface area contributed by atoms with Crippen molar-refractivity contribution in [2.45, 2.75) is 27.1 Å². The number of hydrogen-bond acceptors (Lipinski definition) is 6. The van der Waals surface area contributed by atoms with E-state index in [2.05, 4.69) is 65.6 Å². The highest BCUT2D eigenvalue weighted by Crippen LogP contribution is 2.44. The van der Waals surface area contributed by atoms with E-state index in [0.717, 1.165) is 19.5 Å². The first-order valence-corrected chi connectivity index (χ1v) is 12.4. The summed E-state index contributed by atoms with van der Waals surface area (Å²) in [4.78, 5) is 28.5. The van der Waals surface area contributed by atoms with Crippen molar-refractivity contribution in [1.29, 1.82) is 0 Å². The van der Waals surface area contributed by atoms with Gasteiger partial charge in [0.1, 0.15) is 0 Å². The first-order chi connectivity index (χ1) is 15.4. The Morgan fingerprint density at radius 3 is 2.28 bits per heavy atom. The number of aliphatic carboxylic acids is 2. The molecule has 0 saturated carbocycles. The van der Waals surface area contributed by atoms with Crippen molar-refractivity contribution in [3.8, 4) is 0 Å². The molecule has 1 saturated heterocycles. The number of carbonyl (C=O) groups is 2. The molecule has 2 aromatic carbocycles. The highest BCUT2D eigenvalue weighted by Gasteiger charge is 2.29. The van der Waals surface area contributed by atoms with Crippen molar-refractivity contribution < 1.29 is 19.8 Å². The molecule has 8 heteroatoms. The maximum absolute atomic E-state index is 9.55. The van der Waals surface area contributed by atoms with Crippen LogP contribution in [0, 0.1) is 0 Å². The number of carboxylic acid groups (broad SMARTS) is 2. The number of benzene rings is 2. The van der Waals surface area contributed by atoms with E-state index in [-0.39, 0.29) is 0 Å². The van der Waals surface area contributed by atoms with Crippen molar-refractivity contribution in [1.82, 2.24) is 9.80 Å². The third kappa shape index (κ3) is 6.62. The van der Waals surface area contributed by atoms with Crippen LogP contribution >= 0.6 is 23.5 Å². The zero-order valence-electron chi connectivity index (χ0n) is 18.2. The van der Waals surface area contributed by atoms with Gasteiger partial charge in [-0.2, -0.15) is 0 Å². The normalized spacial score (nSPS) is 18.8. The largest absolute Gasteiger partial charge is 0.478 e. The Morgan fingerprint density at radius 2 is 1.66 bits per heavy atom. The number of thioether (sulfide) groups is 1. The lowest BCUT2D eigenvalue weighted by Crippen LogP contribution is -2.46. The summed E-state index contributed by atoms with van der Waals surface area (Å²) in [5.74, 6) is -2.51. The lowest BCUT2D eigenvalue weighted by atomic mass is 9.96. The molecular formula is C24H28N2O4S2. The Balaban J connectivity index is 0.000000312. The Kier molecular flexibility index (Phi) is 8.81.